The standard InChI is InChI=1S/C13H15NO5/c15-12(16)8-19-10-5-3-9(4-6-10)14-13(17)11-2-1-7-18-11/h3-6,11H,1-2,7-8H2,(H,14,17)(H,15,16)/t11-/m0/s1. The molecule has 0 saturated carbocycles. The Morgan fingerprint density at radius 1 is 1.37 bits per heavy atom. The van der Waals surface area contributed by atoms with E-state index < -0.39 is 5.97 Å². The van der Waals surface area contributed by atoms with Crippen molar-refractivity contribution >= 4 is 17.6 Å². The van der Waals surface area contributed by atoms with E-state index in [9.17, 15) is 9.59 Å². The van der Waals surface area contributed by atoms with Crippen LogP contribution in [0.1, 0.15) is 12.8 Å². The van der Waals surface area contributed by atoms with Gasteiger partial charge in [-0.3, -0.25) is 4.79 Å². The average molecular weight is 265 g/mol. The first-order chi connectivity index (χ1) is 9.15. The molecule has 6 heteroatoms. The zero-order valence-corrected chi connectivity index (χ0v) is 10.3. The van der Waals surface area contributed by atoms with Gasteiger partial charge in [0, 0.05) is 12.3 Å². The molecule has 19 heavy (non-hydrogen) atoms. The molecule has 0 bridgehead atoms. The van der Waals surface area contributed by atoms with Gasteiger partial charge in [-0.2, -0.15) is 0 Å². The van der Waals surface area contributed by atoms with Crippen LogP contribution in [0.4, 0.5) is 5.69 Å². The molecule has 0 radical (unpaired) electrons. The van der Waals surface area contributed by atoms with Crippen LogP contribution in [0.3, 0.4) is 0 Å². The second-order valence-corrected chi connectivity index (χ2v) is 4.20. The predicted octanol–water partition coefficient (Wildman–Crippen LogP) is 1.27. The summed E-state index contributed by atoms with van der Waals surface area (Å²) in [5, 5.41) is 11.2. The summed E-state index contributed by atoms with van der Waals surface area (Å²) in [7, 11) is 0. The molecule has 2 rings (SSSR count). The zero-order valence-electron chi connectivity index (χ0n) is 10.3. The lowest BCUT2D eigenvalue weighted by Gasteiger charge is -2.10. The van der Waals surface area contributed by atoms with E-state index >= 15 is 0 Å². The Hall–Kier alpha value is -2.08. The molecule has 1 amide bonds. The number of carboxylic acid groups (broad SMARTS) is 1. The van der Waals surface area contributed by atoms with Gasteiger partial charge in [0.05, 0.1) is 0 Å². The number of ether oxygens (including phenoxy) is 2. The van der Waals surface area contributed by atoms with E-state index in [1.54, 1.807) is 24.3 Å². The van der Waals surface area contributed by atoms with Crippen molar-refractivity contribution in [2.24, 2.45) is 0 Å². The quantitative estimate of drug-likeness (QED) is 0.837. The van der Waals surface area contributed by atoms with E-state index in [0.717, 1.165) is 12.8 Å². The molecule has 0 spiro atoms. The maximum atomic E-state index is 11.8. The first-order valence-corrected chi connectivity index (χ1v) is 6.02. The van der Waals surface area contributed by atoms with Crippen LogP contribution >= 0.6 is 0 Å². The summed E-state index contributed by atoms with van der Waals surface area (Å²) in [6, 6.07) is 6.52. The lowest BCUT2D eigenvalue weighted by atomic mass is 10.2. The monoisotopic (exact) mass is 265 g/mol. The van der Waals surface area contributed by atoms with Crippen LogP contribution in [0.15, 0.2) is 24.3 Å². The lowest BCUT2D eigenvalue weighted by molar-refractivity contribution is -0.139. The van der Waals surface area contributed by atoms with Crippen molar-refractivity contribution in [2.75, 3.05) is 18.5 Å². The molecule has 1 atom stereocenters. The fourth-order valence-electron chi connectivity index (χ4n) is 1.79. The Balaban J connectivity index is 1.87. The number of rotatable bonds is 5. The third kappa shape index (κ3) is 3.96. The molecule has 1 fully saturated rings. The van der Waals surface area contributed by atoms with Crippen molar-refractivity contribution in [3.63, 3.8) is 0 Å². The normalized spacial score (nSPS) is 18.0. The minimum Gasteiger partial charge on any atom is -0.482 e. The number of carboxylic acids is 1. The van der Waals surface area contributed by atoms with Crippen molar-refractivity contribution in [2.45, 2.75) is 18.9 Å². The summed E-state index contributed by atoms with van der Waals surface area (Å²) < 4.78 is 10.3. The molecule has 2 N–H and O–H groups in total. The van der Waals surface area contributed by atoms with Gasteiger partial charge in [-0.05, 0) is 37.1 Å². The third-order valence-electron chi connectivity index (χ3n) is 2.71. The minimum absolute atomic E-state index is 0.156. The molecule has 102 valence electrons. The smallest absolute Gasteiger partial charge is 0.341 e. The van der Waals surface area contributed by atoms with E-state index in [0.29, 0.717) is 18.0 Å². The molecule has 0 unspecified atom stereocenters. The van der Waals surface area contributed by atoms with Crippen LogP contribution in [-0.4, -0.2) is 36.3 Å². The molecule has 1 aromatic rings. The van der Waals surface area contributed by atoms with Gasteiger partial charge in [0.1, 0.15) is 11.9 Å². The first-order valence-electron chi connectivity index (χ1n) is 6.02. The number of carbonyl (C=O) groups is 2. The number of anilines is 1. The molecule has 6 nitrogen and oxygen atoms in total. The van der Waals surface area contributed by atoms with Crippen LogP contribution in [0.5, 0.6) is 5.75 Å². The van der Waals surface area contributed by atoms with Gasteiger partial charge in [0.2, 0.25) is 0 Å². The molecule has 1 saturated heterocycles. The number of amides is 1. The van der Waals surface area contributed by atoms with Crippen LogP contribution in [0.2, 0.25) is 0 Å². The summed E-state index contributed by atoms with van der Waals surface area (Å²) in [6.07, 6.45) is 1.27. The number of hydrogen-bond donors (Lipinski definition) is 2. The number of nitrogens with one attached hydrogen (secondary N) is 1. The Bertz CT molecular complexity index is 451. The highest BCUT2D eigenvalue weighted by atomic mass is 16.5. The molecule has 1 aliphatic rings. The Kier molecular flexibility index (Phi) is 4.35. The maximum Gasteiger partial charge on any atom is 0.341 e. The summed E-state index contributed by atoms with van der Waals surface area (Å²) in [5.41, 5.74) is 0.628. The van der Waals surface area contributed by atoms with E-state index in [-0.39, 0.29) is 18.6 Å². The van der Waals surface area contributed by atoms with Crippen molar-refractivity contribution < 1.29 is 24.2 Å². The maximum absolute atomic E-state index is 11.8. The van der Waals surface area contributed by atoms with Gasteiger partial charge < -0.3 is 19.9 Å². The summed E-state index contributed by atoms with van der Waals surface area (Å²) in [6.45, 7) is 0.238. The van der Waals surface area contributed by atoms with Gasteiger partial charge in [0.25, 0.3) is 5.91 Å². The highest BCUT2D eigenvalue weighted by Gasteiger charge is 2.23. The average Bonchev–Trinajstić information content (AvgIpc) is 2.92. The Morgan fingerprint density at radius 3 is 2.68 bits per heavy atom. The lowest BCUT2D eigenvalue weighted by Crippen LogP contribution is -2.26. The first kappa shape index (κ1) is 13.4. The van der Waals surface area contributed by atoms with Crippen LogP contribution in [0.25, 0.3) is 0 Å². The molecular formula is C13H15NO5. The second-order valence-electron chi connectivity index (χ2n) is 4.20. The molecule has 1 aliphatic heterocycles. The van der Waals surface area contributed by atoms with E-state index in [1.807, 2.05) is 0 Å². The van der Waals surface area contributed by atoms with Crippen molar-refractivity contribution in [1.82, 2.24) is 0 Å². The number of hydrogen-bond acceptors (Lipinski definition) is 4. The van der Waals surface area contributed by atoms with E-state index in [2.05, 4.69) is 5.32 Å². The van der Waals surface area contributed by atoms with Gasteiger partial charge in [-0.15, -0.1) is 0 Å². The number of aliphatic carboxylic acids is 1. The van der Waals surface area contributed by atoms with E-state index in [4.69, 9.17) is 14.6 Å². The van der Waals surface area contributed by atoms with Crippen LogP contribution < -0.4 is 10.1 Å². The summed E-state index contributed by atoms with van der Waals surface area (Å²) >= 11 is 0. The topological polar surface area (TPSA) is 84.9 Å². The third-order valence-corrected chi connectivity index (χ3v) is 2.71. The van der Waals surface area contributed by atoms with Gasteiger partial charge >= 0.3 is 5.97 Å². The van der Waals surface area contributed by atoms with Gasteiger partial charge in [0.15, 0.2) is 6.61 Å². The number of benzene rings is 1. The Morgan fingerprint density at radius 2 is 2.11 bits per heavy atom. The highest BCUT2D eigenvalue weighted by molar-refractivity contribution is 5.94. The minimum atomic E-state index is -1.03. The van der Waals surface area contributed by atoms with Crippen molar-refractivity contribution in [3.8, 4) is 5.75 Å². The molecular weight excluding hydrogens is 250 g/mol. The zero-order chi connectivity index (χ0) is 13.7. The molecule has 0 aliphatic carbocycles. The molecule has 0 aromatic heterocycles. The predicted molar refractivity (Wildman–Crippen MR) is 67.2 cm³/mol. The van der Waals surface area contributed by atoms with Gasteiger partial charge in [-0.25, -0.2) is 4.79 Å². The summed E-state index contributed by atoms with van der Waals surface area (Å²) in [5.74, 6) is -0.745. The Labute approximate surface area is 110 Å². The highest BCUT2D eigenvalue weighted by Crippen LogP contribution is 2.18. The molecule has 1 heterocycles. The fraction of sp³-hybridized carbons (Fsp3) is 0.385. The van der Waals surface area contributed by atoms with Crippen molar-refractivity contribution in [3.05, 3.63) is 24.3 Å². The fourth-order valence-corrected chi connectivity index (χ4v) is 1.79. The van der Waals surface area contributed by atoms with Crippen LogP contribution in [0, 0.1) is 0 Å². The van der Waals surface area contributed by atoms with Crippen molar-refractivity contribution in [1.29, 1.82) is 0 Å². The largest absolute Gasteiger partial charge is 0.482 e. The second kappa shape index (κ2) is 6.19. The van der Waals surface area contributed by atoms with Crippen LogP contribution in [-0.2, 0) is 14.3 Å². The number of carbonyl (C=O) groups excluding carboxylic acids is 1. The van der Waals surface area contributed by atoms with E-state index in [1.165, 1.54) is 0 Å². The molecule has 1 aromatic carbocycles. The van der Waals surface area contributed by atoms with Gasteiger partial charge in [-0.1, -0.05) is 0 Å². The summed E-state index contributed by atoms with van der Waals surface area (Å²) in [4.78, 5) is 22.1. The SMILES string of the molecule is O=C(O)COc1ccc(NC(=O)[C@@H]2CCCO2)cc1.